The van der Waals surface area contributed by atoms with E-state index in [9.17, 15) is 19.8 Å². The molecule has 408 valence electrons. The third-order valence-electron chi connectivity index (χ3n) is 14.5. The van der Waals surface area contributed by atoms with Gasteiger partial charge in [-0.05, 0) is 57.8 Å². The van der Waals surface area contributed by atoms with Crippen molar-refractivity contribution in [1.82, 2.24) is 5.32 Å². The lowest BCUT2D eigenvalue weighted by atomic mass is 10.0. The van der Waals surface area contributed by atoms with Crippen molar-refractivity contribution in [3.05, 3.63) is 24.3 Å². The van der Waals surface area contributed by atoms with Gasteiger partial charge < -0.3 is 20.3 Å². The maximum Gasteiger partial charge on any atom is 0.305 e. The summed E-state index contributed by atoms with van der Waals surface area (Å²) < 4.78 is 5.49. The first-order chi connectivity index (χ1) is 34.0. The number of aliphatic hydroxyl groups excluding tert-OH is 2. The molecule has 0 rings (SSSR count). The lowest BCUT2D eigenvalue weighted by Crippen LogP contribution is -2.45. The molecule has 0 fully saturated rings. The number of rotatable bonds is 58. The van der Waals surface area contributed by atoms with Gasteiger partial charge in [0.15, 0.2) is 0 Å². The molecular weight excluding hydrogens is 851 g/mol. The number of amides is 1. The highest BCUT2D eigenvalue weighted by Crippen LogP contribution is 2.17. The molecule has 0 heterocycles. The van der Waals surface area contributed by atoms with Crippen molar-refractivity contribution in [2.45, 2.75) is 353 Å². The topological polar surface area (TPSA) is 95.9 Å². The number of carbonyl (C=O) groups is 2. The molecule has 0 aromatic heterocycles. The monoisotopic (exact) mass is 972 g/mol. The lowest BCUT2D eigenvalue weighted by molar-refractivity contribution is -0.143. The maximum atomic E-state index is 12.4. The van der Waals surface area contributed by atoms with Gasteiger partial charge in [0.1, 0.15) is 0 Å². The van der Waals surface area contributed by atoms with Crippen molar-refractivity contribution in [2.75, 3.05) is 13.2 Å². The minimum absolute atomic E-state index is 0.00965. The minimum atomic E-state index is -0.843. The summed E-state index contributed by atoms with van der Waals surface area (Å²) in [7, 11) is 0. The second-order valence-corrected chi connectivity index (χ2v) is 21.4. The van der Waals surface area contributed by atoms with E-state index in [-0.39, 0.29) is 18.5 Å². The molecule has 6 heteroatoms. The van der Waals surface area contributed by atoms with Gasteiger partial charge in [-0.3, -0.25) is 9.59 Å². The quantitative estimate of drug-likeness (QED) is 0.0321. The SMILES string of the molecule is CCCCCCCC/C=C\CCCCCCCCCC(=O)OCCCCCCCCCCCCCCCCCCCCCCCCC(=O)NC(CO)C(O)/C=C/CCCCCCCCCCCCC. The number of nitrogens with one attached hydrogen (secondary N) is 1. The first-order valence-electron chi connectivity index (χ1n) is 31.1. The van der Waals surface area contributed by atoms with Crippen LogP contribution in [0.25, 0.3) is 0 Å². The van der Waals surface area contributed by atoms with Crippen LogP contribution in [0, 0.1) is 0 Å². The molecular formula is C63H121NO5. The van der Waals surface area contributed by atoms with E-state index < -0.39 is 12.1 Å². The number of carbonyl (C=O) groups excluding carboxylic acids is 2. The zero-order chi connectivity index (χ0) is 50.0. The Morgan fingerprint density at radius 1 is 0.391 bits per heavy atom. The molecule has 0 radical (unpaired) electrons. The summed E-state index contributed by atoms with van der Waals surface area (Å²) in [6, 6.07) is -0.627. The predicted molar refractivity (Wildman–Crippen MR) is 301 cm³/mol. The van der Waals surface area contributed by atoms with Gasteiger partial charge in [0.2, 0.25) is 5.91 Å². The van der Waals surface area contributed by atoms with Crippen LogP contribution in [0.1, 0.15) is 341 Å². The van der Waals surface area contributed by atoms with Crippen molar-refractivity contribution < 1.29 is 24.5 Å². The Morgan fingerprint density at radius 2 is 0.681 bits per heavy atom. The van der Waals surface area contributed by atoms with E-state index in [2.05, 4.69) is 31.3 Å². The van der Waals surface area contributed by atoms with Crippen molar-refractivity contribution in [2.24, 2.45) is 0 Å². The van der Waals surface area contributed by atoms with Crippen molar-refractivity contribution in [3.8, 4) is 0 Å². The molecule has 0 bridgehead atoms. The van der Waals surface area contributed by atoms with Crippen molar-refractivity contribution in [1.29, 1.82) is 0 Å². The van der Waals surface area contributed by atoms with Crippen molar-refractivity contribution >= 4 is 11.9 Å². The average Bonchev–Trinajstić information content (AvgIpc) is 3.35. The van der Waals surface area contributed by atoms with E-state index in [1.807, 2.05) is 6.08 Å². The Hall–Kier alpha value is -1.66. The average molecular weight is 973 g/mol. The Labute approximate surface area is 431 Å². The summed E-state index contributed by atoms with van der Waals surface area (Å²) in [6.07, 6.45) is 72.2. The van der Waals surface area contributed by atoms with Gasteiger partial charge in [-0.25, -0.2) is 0 Å². The Bertz CT molecular complexity index is 1080. The molecule has 0 saturated carbocycles. The van der Waals surface area contributed by atoms with Gasteiger partial charge in [-0.2, -0.15) is 0 Å². The van der Waals surface area contributed by atoms with E-state index >= 15 is 0 Å². The third kappa shape index (κ3) is 55.5. The summed E-state index contributed by atoms with van der Waals surface area (Å²) in [5.41, 5.74) is 0. The molecule has 0 saturated heterocycles. The summed E-state index contributed by atoms with van der Waals surface area (Å²) in [4.78, 5) is 24.5. The largest absolute Gasteiger partial charge is 0.466 e. The van der Waals surface area contributed by atoms with E-state index in [1.165, 1.54) is 270 Å². The molecule has 0 aromatic carbocycles. The van der Waals surface area contributed by atoms with E-state index in [1.54, 1.807) is 6.08 Å². The second-order valence-electron chi connectivity index (χ2n) is 21.4. The highest BCUT2D eigenvalue weighted by atomic mass is 16.5. The fraction of sp³-hybridized carbons (Fsp3) is 0.905. The standard InChI is InChI=1S/C63H121NO5/c1-3-5-7-9-11-13-15-17-18-25-29-33-37-41-45-49-53-57-63(68)69-58-54-50-46-42-38-34-30-27-24-22-20-19-21-23-26-28-32-36-40-44-48-52-56-62(67)64-60(59-65)61(66)55-51-47-43-39-35-31-16-14-12-10-8-6-4-2/h17-18,51,55,60-61,65-66H,3-16,19-50,52-54,56-59H2,1-2H3,(H,64,67)/b18-17-,55-51+. The Balaban J connectivity index is 3.38. The zero-order valence-corrected chi connectivity index (χ0v) is 46.6. The molecule has 2 atom stereocenters. The van der Waals surface area contributed by atoms with Crippen LogP contribution in [0.15, 0.2) is 24.3 Å². The number of esters is 1. The zero-order valence-electron chi connectivity index (χ0n) is 46.6. The van der Waals surface area contributed by atoms with Gasteiger partial charge >= 0.3 is 5.97 Å². The van der Waals surface area contributed by atoms with E-state index in [0.29, 0.717) is 19.4 Å². The predicted octanol–water partition coefficient (Wildman–Crippen LogP) is 19.4. The van der Waals surface area contributed by atoms with Crippen molar-refractivity contribution in [3.63, 3.8) is 0 Å². The summed E-state index contributed by atoms with van der Waals surface area (Å²) in [5, 5.41) is 23.1. The summed E-state index contributed by atoms with van der Waals surface area (Å²) in [6.45, 7) is 4.91. The first-order valence-corrected chi connectivity index (χ1v) is 31.1. The number of hydrogen-bond donors (Lipinski definition) is 3. The third-order valence-corrected chi connectivity index (χ3v) is 14.5. The van der Waals surface area contributed by atoms with Crippen LogP contribution in [-0.2, 0) is 14.3 Å². The number of aliphatic hydroxyl groups is 2. The molecule has 69 heavy (non-hydrogen) atoms. The number of unbranched alkanes of at least 4 members (excludes halogenated alkanes) is 45. The van der Waals surface area contributed by atoms with Gasteiger partial charge in [0.05, 0.1) is 25.4 Å². The highest BCUT2D eigenvalue weighted by Gasteiger charge is 2.18. The normalized spacial score (nSPS) is 12.7. The van der Waals surface area contributed by atoms with Crippen LogP contribution in [0.2, 0.25) is 0 Å². The number of allylic oxidation sites excluding steroid dienone is 3. The molecule has 0 spiro atoms. The van der Waals surface area contributed by atoms with Crippen LogP contribution in [0.5, 0.6) is 0 Å². The fourth-order valence-corrected chi connectivity index (χ4v) is 9.69. The molecule has 0 aromatic rings. The fourth-order valence-electron chi connectivity index (χ4n) is 9.69. The molecule has 0 aliphatic heterocycles. The molecule has 0 aliphatic rings. The Kier molecular flexibility index (Phi) is 57.5. The lowest BCUT2D eigenvalue weighted by Gasteiger charge is -2.20. The van der Waals surface area contributed by atoms with Gasteiger partial charge in [0.25, 0.3) is 0 Å². The second kappa shape index (κ2) is 58.9. The van der Waals surface area contributed by atoms with Gasteiger partial charge in [-0.15, -0.1) is 0 Å². The molecule has 3 N–H and O–H groups in total. The van der Waals surface area contributed by atoms with Crippen LogP contribution in [0.3, 0.4) is 0 Å². The summed E-state index contributed by atoms with van der Waals surface area (Å²) >= 11 is 0. The molecule has 6 nitrogen and oxygen atoms in total. The Morgan fingerprint density at radius 3 is 1.03 bits per heavy atom. The van der Waals surface area contributed by atoms with Gasteiger partial charge in [0, 0.05) is 12.8 Å². The molecule has 0 aliphatic carbocycles. The van der Waals surface area contributed by atoms with E-state index in [4.69, 9.17) is 4.74 Å². The number of ether oxygens (including phenoxy) is 1. The highest BCUT2D eigenvalue weighted by molar-refractivity contribution is 5.76. The van der Waals surface area contributed by atoms with Crippen LogP contribution in [0.4, 0.5) is 0 Å². The minimum Gasteiger partial charge on any atom is -0.466 e. The van der Waals surface area contributed by atoms with E-state index in [0.717, 1.165) is 44.9 Å². The summed E-state index contributed by atoms with van der Waals surface area (Å²) in [5.74, 6) is -0.0577. The van der Waals surface area contributed by atoms with Crippen LogP contribution >= 0.6 is 0 Å². The smallest absolute Gasteiger partial charge is 0.305 e. The first kappa shape index (κ1) is 67.3. The van der Waals surface area contributed by atoms with Crippen LogP contribution in [-0.4, -0.2) is 47.4 Å². The van der Waals surface area contributed by atoms with Gasteiger partial charge in [-0.1, -0.05) is 295 Å². The number of hydrogen-bond acceptors (Lipinski definition) is 5. The molecule has 1 amide bonds. The van der Waals surface area contributed by atoms with Crippen LogP contribution < -0.4 is 5.32 Å². The maximum absolute atomic E-state index is 12.4. The molecule has 2 unspecified atom stereocenters.